The highest BCUT2D eigenvalue weighted by Gasteiger charge is 2.24. The van der Waals surface area contributed by atoms with Gasteiger partial charge in [-0.05, 0) is 41.4 Å². The highest BCUT2D eigenvalue weighted by molar-refractivity contribution is 7.08. The van der Waals surface area contributed by atoms with Gasteiger partial charge in [0.2, 0.25) is 11.7 Å². The molecule has 0 aliphatic carbocycles. The predicted molar refractivity (Wildman–Crippen MR) is 90.7 cm³/mol. The number of thiophene rings is 1. The first-order chi connectivity index (χ1) is 11.5. The molecule has 0 aliphatic heterocycles. The number of nitrogens with one attached hydrogen (secondary N) is 1. The Bertz CT molecular complexity index is 840. The summed E-state index contributed by atoms with van der Waals surface area (Å²) in [6.07, 6.45) is 0. The molecule has 24 heavy (non-hydrogen) atoms. The molecule has 1 amide bonds. The molecule has 0 saturated heterocycles. The van der Waals surface area contributed by atoms with Crippen molar-refractivity contribution >= 4 is 17.2 Å². The van der Waals surface area contributed by atoms with Crippen LogP contribution in [-0.4, -0.2) is 27.7 Å². The van der Waals surface area contributed by atoms with Crippen LogP contribution in [-0.2, 0) is 5.60 Å². The fourth-order valence-electron chi connectivity index (χ4n) is 2.24. The number of carbonyl (C=O) groups excluding carboxylic acids is 1. The Labute approximate surface area is 143 Å². The SMILES string of the molecule is Cc1nc(-c2cccc(C(=O)NCC(C)(O)c3ccsc3)c2)no1. The van der Waals surface area contributed by atoms with E-state index in [9.17, 15) is 9.90 Å². The minimum atomic E-state index is -1.11. The van der Waals surface area contributed by atoms with E-state index in [1.807, 2.05) is 22.9 Å². The Hall–Kier alpha value is -2.51. The molecular formula is C17H17N3O3S. The van der Waals surface area contributed by atoms with Crippen molar-refractivity contribution in [3.63, 3.8) is 0 Å². The minimum Gasteiger partial charge on any atom is -0.384 e. The van der Waals surface area contributed by atoms with Gasteiger partial charge in [0.15, 0.2) is 0 Å². The van der Waals surface area contributed by atoms with E-state index in [4.69, 9.17) is 4.52 Å². The van der Waals surface area contributed by atoms with Crippen molar-refractivity contribution in [3.05, 3.63) is 58.1 Å². The van der Waals surface area contributed by atoms with Crippen LogP contribution in [0.25, 0.3) is 11.4 Å². The Balaban J connectivity index is 1.71. The fourth-order valence-corrected chi connectivity index (χ4v) is 3.03. The van der Waals surface area contributed by atoms with Gasteiger partial charge in [-0.25, -0.2) is 0 Å². The summed E-state index contributed by atoms with van der Waals surface area (Å²) in [4.78, 5) is 16.5. The normalized spacial score (nSPS) is 13.5. The number of benzene rings is 1. The lowest BCUT2D eigenvalue weighted by Gasteiger charge is -2.22. The van der Waals surface area contributed by atoms with Crippen LogP contribution < -0.4 is 5.32 Å². The van der Waals surface area contributed by atoms with Crippen molar-refractivity contribution in [3.8, 4) is 11.4 Å². The van der Waals surface area contributed by atoms with Crippen LogP contribution in [0.15, 0.2) is 45.6 Å². The number of aromatic nitrogens is 2. The Morgan fingerprint density at radius 1 is 1.42 bits per heavy atom. The van der Waals surface area contributed by atoms with Gasteiger partial charge in [-0.1, -0.05) is 17.3 Å². The number of nitrogens with zero attached hydrogens (tertiary/aromatic N) is 2. The van der Waals surface area contributed by atoms with Crippen LogP contribution in [0.3, 0.4) is 0 Å². The van der Waals surface area contributed by atoms with Crippen molar-refractivity contribution in [2.24, 2.45) is 0 Å². The highest BCUT2D eigenvalue weighted by atomic mass is 32.1. The second kappa shape index (κ2) is 6.54. The number of rotatable bonds is 5. The van der Waals surface area contributed by atoms with Gasteiger partial charge in [0.05, 0.1) is 6.54 Å². The molecule has 3 aromatic rings. The topological polar surface area (TPSA) is 88.2 Å². The first-order valence-corrected chi connectivity index (χ1v) is 8.34. The summed E-state index contributed by atoms with van der Waals surface area (Å²) in [5, 5.41) is 20.8. The van der Waals surface area contributed by atoms with Crippen molar-refractivity contribution in [1.82, 2.24) is 15.5 Å². The van der Waals surface area contributed by atoms with Crippen LogP contribution in [0.4, 0.5) is 0 Å². The highest BCUT2D eigenvalue weighted by Crippen LogP contribution is 2.22. The number of carbonyl (C=O) groups is 1. The Morgan fingerprint density at radius 2 is 2.25 bits per heavy atom. The third-order valence-electron chi connectivity index (χ3n) is 3.65. The second-order valence-corrected chi connectivity index (χ2v) is 6.47. The zero-order valence-corrected chi connectivity index (χ0v) is 14.1. The third-order valence-corrected chi connectivity index (χ3v) is 4.33. The predicted octanol–water partition coefficient (Wildman–Crippen LogP) is 2.74. The molecule has 0 spiro atoms. The van der Waals surface area contributed by atoms with Gasteiger partial charge < -0.3 is 14.9 Å². The molecule has 2 N–H and O–H groups in total. The molecule has 0 radical (unpaired) electrons. The third kappa shape index (κ3) is 3.52. The second-order valence-electron chi connectivity index (χ2n) is 5.69. The van der Waals surface area contributed by atoms with Crippen LogP contribution in [0.2, 0.25) is 0 Å². The van der Waals surface area contributed by atoms with Gasteiger partial charge >= 0.3 is 0 Å². The van der Waals surface area contributed by atoms with E-state index in [0.717, 1.165) is 5.56 Å². The maximum Gasteiger partial charge on any atom is 0.251 e. The lowest BCUT2D eigenvalue weighted by molar-refractivity contribution is 0.0530. The molecule has 1 atom stereocenters. The Kier molecular flexibility index (Phi) is 4.46. The van der Waals surface area contributed by atoms with Crippen molar-refractivity contribution < 1.29 is 14.4 Å². The number of hydrogen-bond acceptors (Lipinski definition) is 6. The fraction of sp³-hybridized carbons (Fsp3) is 0.235. The van der Waals surface area contributed by atoms with E-state index in [1.165, 1.54) is 11.3 Å². The van der Waals surface area contributed by atoms with Gasteiger partial charge in [-0.15, -0.1) is 0 Å². The molecule has 0 fully saturated rings. The molecule has 0 bridgehead atoms. The van der Waals surface area contributed by atoms with E-state index in [1.54, 1.807) is 32.0 Å². The van der Waals surface area contributed by atoms with Gasteiger partial charge in [0.25, 0.3) is 5.91 Å². The quantitative estimate of drug-likeness (QED) is 0.744. The number of aliphatic hydroxyl groups is 1. The number of aryl methyl sites for hydroxylation is 1. The molecule has 0 aliphatic rings. The molecule has 1 unspecified atom stereocenters. The molecule has 124 valence electrons. The lowest BCUT2D eigenvalue weighted by Crippen LogP contribution is -2.38. The first-order valence-electron chi connectivity index (χ1n) is 7.40. The van der Waals surface area contributed by atoms with Crippen molar-refractivity contribution in [2.45, 2.75) is 19.4 Å². The average molecular weight is 343 g/mol. The standard InChI is InChI=1S/C17H17N3O3S/c1-11-19-15(20-23-11)12-4-3-5-13(8-12)16(21)18-10-17(2,22)14-6-7-24-9-14/h3-9,22H,10H2,1-2H3,(H,18,21). The summed E-state index contributed by atoms with van der Waals surface area (Å²) in [7, 11) is 0. The summed E-state index contributed by atoms with van der Waals surface area (Å²) < 4.78 is 4.96. The molecular weight excluding hydrogens is 326 g/mol. The van der Waals surface area contributed by atoms with E-state index in [-0.39, 0.29) is 12.5 Å². The zero-order valence-electron chi connectivity index (χ0n) is 13.3. The maximum atomic E-state index is 12.4. The molecule has 1 aromatic carbocycles. The van der Waals surface area contributed by atoms with Crippen LogP contribution in [0.1, 0.15) is 28.7 Å². The smallest absolute Gasteiger partial charge is 0.251 e. The minimum absolute atomic E-state index is 0.119. The summed E-state index contributed by atoms with van der Waals surface area (Å²) in [5.74, 6) is 0.631. The summed E-state index contributed by atoms with van der Waals surface area (Å²) in [5.41, 5.74) is 0.835. The van der Waals surface area contributed by atoms with Crippen LogP contribution >= 0.6 is 11.3 Å². The van der Waals surface area contributed by atoms with E-state index in [2.05, 4.69) is 15.5 Å². The summed E-state index contributed by atoms with van der Waals surface area (Å²) in [6, 6.07) is 8.80. The van der Waals surface area contributed by atoms with Crippen molar-refractivity contribution in [1.29, 1.82) is 0 Å². The average Bonchev–Trinajstić information content (AvgIpc) is 3.24. The monoisotopic (exact) mass is 343 g/mol. The molecule has 7 heteroatoms. The van der Waals surface area contributed by atoms with Gasteiger partial charge in [0.1, 0.15) is 5.60 Å². The molecule has 2 heterocycles. The largest absolute Gasteiger partial charge is 0.384 e. The Morgan fingerprint density at radius 3 is 2.92 bits per heavy atom. The molecule has 2 aromatic heterocycles. The molecule has 3 rings (SSSR count). The number of hydrogen-bond donors (Lipinski definition) is 2. The van der Waals surface area contributed by atoms with Crippen LogP contribution in [0, 0.1) is 6.92 Å². The zero-order chi connectivity index (χ0) is 17.2. The van der Waals surface area contributed by atoms with E-state index >= 15 is 0 Å². The van der Waals surface area contributed by atoms with E-state index < -0.39 is 5.60 Å². The van der Waals surface area contributed by atoms with Gasteiger partial charge in [0, 0.05) is 18.1 Å². The summed E-state index contributed by atoms with van der Waals surface area (Å²) in [6.45, 7) is 3.50. The van der Waals surface area contributed by atoms with Gasteiger partial charge in [-0.2, -0.15) is 16.3 Å². The lowest BCUT2D eigenvalue weighted by atomic mass is 9.99. The number of amides is 1. The van der Waals surface area contributed by atoms with Gasteiger partial charge in [-0.3, -0.25) is 4.79 Å². The van der Waals surface area contributed by atoms with Crippen LogP contribution in [0.5, 0.6) is 0 Å². The summed E-state index contributed by atoms with van der Waals surface area (Å²) >= 11 is 1.50. The molecule has 6 nitrogen and oxygen atoms in total. The van der Waals surface area contributed by atoms with Crippen molar-refractivity contribution in [2.75, 3.05) is 6.54 Å². The maximum absolute atomic E-state index is 12.4. The first kappa shape index (κ1) is 16.4. The van der Waals surface area contributed by atoms with E-state index in [0.29, 0.717) is 22.8 Å². The molecule has 0 saturated carbocycles.